The molecule has 0 fully saturated rings. The van der Waals surface area contributed by atoms with Crippen LogP contribution in [0.4, 0.5) is 0 Å². The first-order valence-electron chi connectivity index (χ1n) is 9.24. The predicted octanol–water partition coefficient (Wildman–Crippen LogP) is 2.87. The maximum Gasteiger partial charge on any atom is 0.242 e. The minimum atomic E-state index is -3.76. The summed E-state index contributed by atoms with van der Waals surface area (Å²) >= 11 is 4.78. The van der Waals surface area contributed by atoms with Crippen LogP contribution in [-0.4, -0.2) is 65.8 Å². The Morgan fingerprint density at radius 1 is 1.09 bits per heavy atom. The number of nitrogens with zero attached hydrogens (tertiary/aromatic N) is 6. The van der Waals surface area contributed by atoms with Crippen molar-refractivity contribution in [3.63, 3.8) is 0 Å². The van der Waals surface area contributed by atoms with Gasteiger partial charge in [-0.2, -0.15) is 9.61 Å². The summed E-state index contributed by atoms with van der Waals surface area (Å²) in [5.74, 6) is 1.23. The second kappa shape index (κ2) is 8.73. The summed E-state index contributed by atoms with van der Waals surface area (Å²) in [5, 5.41) is 13.8. The van der Waals surface area contributed by atoms with Gasteiger partial charge in [-0.1, -0.05) is 11.3 Å². The molecule has 0 N–H and O–H groups in total. The zero-order valence-electron chi connectivity index (χ0n) is 17.6. The van der Waals surface area contributed by atoms with Gasteiger partial charge in [0, 0.05) is 49.0 Å². The van der Waals surface area contributed by atoms with Gasteiger partial charge in [0.05, 0.1) is 19.1 Å². The minimum Gasteiger partial charge on any atom is -0.493 e. The van der Waals surface area contributed by atoms with Gasteiger partial charge in [0.2, 0.25) is 15.0 Å². The van der Waals surface area contributed by atoms with Crippen LogP contribution in [0.15, 0.2) is 40.0 Å². The molecule has 168 valence electrons. The van der Waals surface area contributed by atoms with Gasteiger partial charge in [-0.25, -0.2) is 12.7 Å². The molecule has 0 spiro atoms. The Labute approximate surface area is 197 Å². The molecular formula is C19H19BrN6O4S2. The van der Waals surface area contributed by atoms with Crippen LogP contribution < -0.4 is 9.47 Å². The third-order valence-corrected chi connectivity index (χ3v) is 7.96. The lowest BCUT2D eigenvalue weighted by molar-refractivity contribution is 0.353. The SMILES string of the molecule is COc1cc(Cc2nnc3sc(-c4cncc(Br)c4)nn23)c(S(=O)(=O)N(C)C)cc1OC. The van der Waals surface area contributed by atoms with E-state index < -0.39 is 10.0 Å². The molecule has 1 aromatic carbocycles. The van der Waals surface area contributed by atoms with Crippen LogP contribution in [0.3, 0.4) is 0 Å². The zero-order valence-corrected chi connectivity index (χ0v) is 20.8. The van der Waals surface area contributed by atoms with Crippen LogP contribution >= 0.6 is 27.3 Å². The average molecular weight is 539 g/mol. The van der Waals surface area contributed by atoms with E-state index in [0.717, 1.165) is 19.3 Å². The summed E-state index contributed by atoms with van der Waals surface area (Å²) in [5.41, 5.74) is 1.33. The van der Waals surface area contributed by atoms with Gasteiger partial charge in [-0.3, -0.25) is 4.98 Å². The van der Waals surface area contributed by atoms with Gasteiger partial charge in [0.25, 0.3) is 0 Å². The lowest BCUT2D eigenvalue weighted by Crippen LogP contribution is -2.23. The van der Waals surface area contributed by atoms with Crippen LogP contribution in [0, 0.1) is 0 Å². The highest BCUT2D eigenvalue weighted by Gasteiger charge is 2.26. The molecule has 0 bridgehead atoms. The number of aromatic nitrogens is 5. The second-order valence-electron chi connectivity index (χ2n) is 6.89. The minimum absolute atomic E-state index is 0.101. The molecule has 0 radical (unpaired) electrons. The largest absolute Gasteiger partial charge is 0.493 e. The van der Waals surface area contributed by atoms with Gasteiger partial charge in [-0.15, -0.1) is 10.2 Å². The van der Waals surface area contributed by atoms with Gasteiger partial charge in [-0.05, 0) is 33.6 Å². The standard InChI is InChI=1S/C19H19BrN6O4S2/c1-25(2)32(27,28)16-8-15(30-4)14(29-3)6-11(16)7-17-22-23-19-26(17)24-18(31-19)12-5-13(20)10-21-9-12/h5-6,8-10H,7H2,1-4H3. The number of hydrogen-bond acceptors (Lipinski definition) is 9. The number of benzene rings is 1. The molecule has 0 atom stereocenters. The molecule has 13 heteroatoms. The van der Waals surface area contributed by atoms with Crippen molar-refractivity contribution >= 4 is 42.3 Å². The predicted molar refractivity (Wildman–Crippen MR) is 123 cm³/mol. The van der Waals surface area contributed by atoms with Crippen molar-refractivity contribution in [3.05, 3.63) is 46.5 Å². The first-order valence-corrected chi connectivity index (χ1v) is 12.3. The van der Waals surface area contributed by atoms with Gasteiger partial charge >= 0.3 is 0 Å². The quantitative estimate of drug-likeness (QED) is 0.353. The van der Waals surface area contributed by atoms with Gasteiger partial charge in [0.15, 0.2) is 17.3 Å². The highest BCUT2D eigenvalue weighted by molar-refractivity contribution is 9.10. The summed E-state index contributed by atoms with van der Waals surface area (Å²) in [7, 11) is 2.15. The molecule has 0 saturated heterocycles. The number of sulfonamides is 1. The Kier molecular flexibility index (Phi) is 6.16. The normalized spacial score (nSPS) is 11.9. The fourth-order valence-electron chi connectivity index (χ4n) is 3.06. The van der Waals surface area contributed by atoms with Gasteiger partial charge < -0.3 is 9.47 Å². The first-order chi connectivity index (χ1) is 15.2. The highest BCUT2D eigenvalue weighted by atomic mass is 79.9. The van der Waals surface area contributed by atoms with Crippen molar-refractivity contribution in [2.75, 3.05) is 28.3 Å². The topological polar surface area (TPSA) is 112 Å². The molecule has 0 amide bonds. The molecule has 3 aromatic heterocycles. The van der Waals surface area contributed by atoms with Crippen molar-refractivity contribution in [3.8, 4) is 22.1 Å². The smallest absolute Gasteiger partial charge is 0.242 e. The van der Waals surface area contributed by atoms with Crippen LogP contribution in [0.2, 0.25) is 0 Å². The summed E-state index contributed by atoms with van der Waals surface area (Å²) in [6, 6.07) is 5.01. The Morgan fingerprint density at radius 3 is 2.47 bits per heavy atom. The van der Waals surface area contributed by atoms with Crippen molar-refractivity contribution < 1.29 is 17.9 Å². The molecular weight excluding hydrogens is 520 g/mol. The van der Waals surface area contributed by atoms with Crippen LogP contribution in [0.1, 0.15) is 11.4 Å². The number of hydrogen-bond donors (Lipinski definition) is 0. The van der Waals surface area contributed by atoms with E-state index in [1.165, 1.54) is 45.7 Å². The average Bonchev–Trinajstić information content (AvgIpc) is 3.35. The molecule has 4 rings (SSSR count). The molecule has 10 nitrogen and oxygen atoms in total. The van der Waals surface area contributed by atoms with E-state index in [0.29, 0.717) is 27.8 Å². The Bertz CT molecular complexity index is 1400. The molecule has 0 aliphatic rings. The number of rotatable bonds is 7. The zero-order chi connectivity index (χ0) is 23.0. The van der Waals surface area contributed by atoms with Crippen molar-refractivity contribution in [2.45, 2.75) is 11.3 Å². The first kappa shape index (κ1) is 22.6. The maximum atomic E-state index is 13.0. The van der Waals surface area contributed by atoms with E-state index in [9.17, 15) is 8.42 Å². The summed E-state index contributed by atoms with van der Waals surface area (Å²) in [6.45, 7) is 0. The maximum absolute atomic E-state index is 13.0. The van der Waals surface area contributed by atoms with E-state index in [-0.39, 0.29) is 11.3 Å². The molecule has 4 aromatic rings. The lowest BCUT2D eigenvalue weighted by Gasteiger charge is -2.17. The number of pyridine rings is 1. The summed E-state index contributed by atoms with van der Waals surface area (Å²) in [4.78, 5) is 4.86. The number of fused-ring (bicyclic) bond motifs is 1. The van der Waals surface area contributed by atoms with Crippen molar-refractivity contribution in [1.82, 2.24) is 29.1 Å². The van der Waals surface area contributed by atoms with Crippen molar-refractivity contribution in [2.24, 2.45) is 0 Å². The number of halogens is 1. The van der Waals surface area contributed by atoms with Crippen molar-refractivity contribution in [1.29, 1.82) is 0 Å². The molecule has 0 saturated carbocycles. The molecule has 32 heavy (non-hydrogen) atoms. The third kappa shape index (κ3) is 4.08. The highest BCUT2D eigenvalue weighted by Crippen LogP contribution is 2.35. The van der Waals surface area contributed by atoms with E-state index in [1.54, 1.807) is 23.0 Å². The van der Waals surface area contributed by atoms with Crippen LogP contribution in [-0.2, 0) is 16.4 Å². The Hall–Kier alpha value is -2.61. The van der Waals surface area contributed by atoms with Crippen LogP contribution in [0.5, 0.6) is 11.5 Å². The Morgan fingerprint density at radius 2 is 1.81 bits per heavy atom. The summed E-state index contributed by atoms with van der Waals surface area (Å²) in [6.07, 6.45) is 3.58. The summed E-state index contributed by atoms with van der Waals surface area (Å²) < 4.78 is 40.3. The second-order valence-corrected chi connectivity index (χ2v) is 10.9. The molecule has 0 aliphatic heterocycles. The van der Waals surface area contributed by atoms with E-state index in [4.69, 9.17) is 9.47 Å². The monoisotopic (exact) mass is 538 g/mol. The number of ether oxygens (including phenoxy) is 2. The number of methoxy groups -OCH3 is 2. The van der Waals surface area contributed by atoms with E-state index in [2.05, 4.69) is 36.2 Å². The Balaban J connectivity index is 1.81. The van der Waals surface area contributed by atoms with E-state index >= 15 is 0 Å². The van der Waals surface area contributed by atoms with E-state index in [1.807, 2.05) is 6.07 Å². The molecule has 0 aliphatic carbocycles. The molecule has 0 unspecified atom stereocenters. The molecule has 3 heterocycles. The van der Waals surface area contributed by atoms with Gasteiger partial charge in [0.1, 0.15) is 5.01 Å². The lowest BCUT2D eigenvalue weighted by atomic mass is 10.1. The third-order valence-electron chi connectivity index (χ3n) is 4.68. The fraction of sp³-hybridized carbons (Fsp3) is 0.263. The van der Waals surface area contributed by atoms with Crippen LogP contribution in [0.25, 0.3) is 15.5 Å². The fourth-order valence-corrected chi connectivity index (χ4v) is 5.38.